The number of aromatic nitrogens is 1. The molecular weight excluding hydrogens is 242 g/mol. The van der Waals surface area contributed by atoms with Gasteiger partial charge in [-0.2, -0.15) is 5.26 Å². The second-order valence-corrected chi connectivity index (χ2v) is 5.26. The normalized spacial score (nSPS) is 12.1. The first-order valence-electron chi connectivity index (χ1n) is 5.83. The fourth-order valence-electron chi connectivity index (χ4n) is 1.74. The molecule has 1 unspecified atom stereocenters. The van der Waals surface area contributed by atoms with Crippen molar-refractivity contribution in [3.05, 3.63) is 51.5 Å². The third kappa shape index (κ3) is 3.16. The lowest BCUT2D eigenvalue weighted by molar-refractivity contribution is 0.568. The van der Waals surface area contributed by atoms with Crippen molar-refractivity contribution < 1.29 is 0 Å². The summed E-state index contributed by atoms with van der Waals surface area (Å²) >= 11 is 1.66. The van der Waals surface area contributed by atoms with Crippen LogP contribution in [0.3, 0.4) is 0 Å². The summed E-state index contributed by atoms with van der Waals surface area (Å²) in [6.45, 7) is 4.85. The zero-order chi connectivity index (χ0) is 13.0. The highest BCUT2D eigenvalue weighted by Crippen LogP contribution is 2.15. The number of rotatable bonds is 4. The van der Waals surface area contributed by atoms with Gasteiger partial charge in [-0.25, -0.2) is 4.98 Å². The van der Waals surface area contributed by atoms with Crippen LogP contribution in [0, 0.1) is 18.3 Å². The molecule has 4 heteroatoms. The number of benzene rings is 1. The molecule has 1 atom stereocenters. The lowest BCUT2D eigenvalue weighted by Gasteiger charge is -2.13. The maximum atomic E-state index is 8.88. The van der Waals surface area contributed by atoms with Crippen molar-refractivity contribution in [3.63, 3.8) is 0 Å². The Morgan fingerprint density at radius 1 is 1.50 bits per heavy atom. The summed E-state index contributed by atoms with van der Waals surface area (Å²) < 4.78 is 0. The second-order valence-electron chi connectivity index (χ2n) is 4.20. The molecule has 0 aliphatic carbocycles. The van der Waals surface area contributed by atoms with E-state index in [0.29, 0.717) is 5.56 Å². The number of nitrogens with zero attached hydrogens (tertiary/aromatic N) is 2. The van der Waals surface area contributed by atoms with Gasteiger partial charge < -0.3 is 5.32 Å². The zero-order valence-electron chi connectivity index (χ0n) is 10.5. The topological polar surface area (TPSA) is 48.7 Å². The van der Waals surface area contributed by atoms with Crippen LogP contribution in [0.15, 0.2) is 29.6 Å². The average Bonchev–Trinajstić information content (AvgIpc) is 2.82. The lowest BCUT2D eigenvalue weighted by Crippen LogP contribution is -2.18. The Labute approximate surface area is 111 Å². The highest BCUT2D eigenvalue weighted by molar-refractivity contribution is 7.09. The number of aryl methyl sites for hydroxylation is 1. The van der Waals surface area contributed by atoms with Crippen LogP contribution >= 0.6 is 11.3 Å². The molecule has 18 heavy (non-hydrogen) atoms. The van der Waals surface area contributed by atoms with Crippen LogP contribution < -0.4 is 5.32 Å². The van der Waals surface area contributed by atoms with Crippen molar-refractivity contribution in [2.75, 3.05) is 0 Å². The van der Waals surface area contributed by atoms with E-state index in [1.54, 1.807) is 11.3 Å². The Kier molecular flexibility index (Phi) is 4.08. The SMILES string of the molecule is Cc1nc(CNC(C)c2cccc(C#N)c2)cs1. The molecule has 0 fully saturated rings. The van der Waals surface area contributed by atoms with Gasteiger partial charge >= 0.3 is 0 Å². The van der Waals surface area contributed by atoms with Crippen molar-refractivity contribution in [1.82, 2.24) is 10.3 Å². The van der Waals surface area contributed by atoms with E-state index in [0.717, 1.165) is 22.8 Å². The number of nitrogens with one attached hydrogen (secondary N) is 1. The fourth-order valence-corrected chi connectivity index (χ4v) is 2.36. The summed E-state index contributed by atoms with van der Waals surface area (Å²) in [5, 5.41) is 15.4. The summed E-state index contributed by atoms with van der Waals surface area (Å²) in [4.78, 5) is 4.41. The summed E-state index contributed by atoms with van der Waals surface area (Å²) in [6, 6.07) is 10.1. The standard InChI is InChI=1S/C14H15N3S/c1-10(13-5-3-4-12(6-13)7-15)16-8-14-9-18-11(2)17-14/h3-6,9-10,16H,8H2,1-2H3. The van der Waals surface area contributed by atoms with Gasteiger partial charge in [0.25, 0.3) is 0 Å². The molecule has 0 saturated heterocycles. The summed E-state index contributed by atoms with van der Waals surface area (Å²) in [5.74, 6) is 0. The first-order chi connectivity index (χ1) is 8.69. The third-order valence-electron chi connectivity index (χ3n) is 2.77. The van der Waals surface area contributed by atoms with E-state index < -0.39 is 0 Å². The van der Waals surface area contributed by atoms with Crippen molar-refractivity contribution in [1.29, 1.82) is 5.26 Å². The van der Waals surface area contributed by atoms with Crippen LogP contribution in [0.25, 0.3) is 0 Å². The fraction of sp³-hybridized carbons (Fsp3) is 0.286. The summed E-state index contributed by atoms with van der Waals surface area (Å²) in [5.41, 5.74) is 2.90. The predicted octanol–water partition coefficient (Wildman–Crippen LogP) is 3.17. The van der Waals surface area contributed by atoms with E-state index in [2.05, 4.69) is 28.7 Å². The molecule has 1 heterocycles. The van der Waals surface area contributed by atoms with E-state index in [9.17, 15) is 0 Å². The maximum Gasteiger partial charge on any atom is 0.0991 e. The third-order valence-corrected chi connectivity index (χ3v) is 3.59. The van der Waals surface area contributed by atoms with Gasteiger partial charge in [0.2, 0.25) is 0 Å². The monoisotopic (exact) mass is 257 g/mol. The first-order valence-corrected chi connectivity index (χ1v) is 6.71. The van der Waals surface area contributed by atoms with Crippen LogP contribution in [0.5, 0.6) is 0 Å². The molecule has 0 aliphatic heterocycles. The van der Waals surface area contributed by atoms with Crippen LogP contribution in [-0.2, 0) is 6.54 Å². The molecule has 0 saturated carbocycles. The number of thiazole rings is 1. The van der Waals surface area contributed by atoms with Crippen LogP contribution in [0.4, 0.5) is 0 Å². The number of hydrogen-bond donors (Lipinski definition) is 1. The lowest BCUT2D eigenvalue weighted by atomic mass is 10.1. The molecule has 1 N–H and O–H groups in total. The Balaban J connectivity index is 1.99. The van der Waals surface area contributed by atoms with Gasteiger partial charge in [0.05, 0.1) is 22.3 Å². The number of hydrogen-bond acceptors (Lipinski definition) is 4. The average molecular weight is 257 g/mol. The van der Waals surface area contributed by atoms with Gasteiger partial charge in [-0.1, -0.05) is 12.1 Å². The first kappa shape index (κ1) is 12.7. The highest BCUT2D eigenvalue weighted by atomic mass is 32.1. The van der Waals surface area contributed by atoms with Crippen molar-refractivity contribution >= 4 is 11.3 Å². The van der Waals surface area contributed by atoms with Gasteiger partial charge in [-0.15, -0.1) is 11.3 Å². The molecule has 3 nitrogen and oxygen atoms in total. The van der Waals surface area contributed by atoms with Gasteiger partial charge in [0.15, 0.2) is 0 Å². The Morgan fingerprint density at radius 3 is 3.00 bits per heavy atom. The molecule has 1 aromatic carbocycles. The van der Waals surface area contributed by atoms with E-state index >= 15 is 0 Å². The zero-order valence-corrected chi connectivity index (χ0v) is 11.3. The van der Waals surface area contributed by atoms with Crippen LogP contribution in [0.1, 0.15) is 34.8 Å². The van der Waals surface area contributed by atoms with Gasteiger partial charge in [-0.05, 0) is 31.5 Å². The molecule has 0 aliphatic rings. The quantitative estimate of drug-likeness (QED) is 0.915. The molecular formula is C14H15N3S. The van der Waals surface area contributed by atoms with Crippen molar-refractivity contribution in [3.8, 4) is 6.07 Å². The minimum Gasteiger partial charge on any atom is -0.305 e. The Hall–Kier alpha value is -1.70. The van der Waals surface area contributed by atoms with Gasteiger partial charge in [0, 0.05) is 18.0 Å². The molecule has 1 aromatic heterocycles. The smallest absolute Gasteiger partial charge is 0.0991 e. The van der Waals surface area contributed by atoms with E-state index in [1.807, 2.05) is 31.2 Å². The van der Waals surface area contributed by atoms with Crippen LogP contribution in [-0.4, -0.2) is 4.98 Å². The molecule has 2 aromatic rings. The van der Waals surface area contributed by atoms with Crippen molar-refractivity contribution in [2.45, 2.75) is 26.4 Å². The molecule has 92 valence electrons. The summed E-state index contributed by atoms with van der Waals surface area (Å²) in [7, 11) is 0. The highest BCUT2D eigenvalue weighted by Gasteiger charge is 2.06. The molecule has 0 spiro atoms. The molecule has 0 radical (unpaired) electrons. The number of nitriles is 1. The predicted molar refractivity (Wildman–Crippen MR) is 73.3 cm³/mol. The van der Waals surface area contributed by atoms with E-state index in [-0.39, 0.29) is 6.04 Å². The Bertz CT molecular complexity index is 568. The Morgan fingerprint density at radius 2 is 2.33 bits per heavy atom. The largest absolute Gasteiger partial charge is 0.305 e. The molecule has 0 bridgehead atoms. The van der Waals surface area contributed by atoms with Crippen LogP contribution in [0.2, 0.25) is 0 Å². The van der Waals surface area contributed by atoms with E-state index in [4.69, 9.17) is 5.26 Å². The van der Waals surface area contributed by atoms with Crippen molar-refractivity contribution in [2.24, 2.45) is 0 Å². The minimum absolute atomic E-state index is 0.209. The van der Waals surface area contributed by atoms with Gasteiger partial charge in [-0.3, -0.25) is 0 Å². The molecule has 2 rings (SSSR count). The van der Waals surface area contributed by atoms with Gasteiger partial charge in [0.1, 0.15) is 0 Å². The minimum atomic E-state index is 0.209. The maximum absolute atomic E-state index is 8.88. The summed E-state index contributed by atoms with van der Waals surface area (Å²) in [6.07, 6.45) is 0. The second kappa shape index (κ2) is 5.76. The van der Waals surface area contributed by atoms with E-state index in [1.165, 1.54) is 0 Å². The molecule has 0 amide bonds.